The zero-order valence-electron chi connectivity index (χ0n) is 13.8. The predicted molar refractivity (Wildman–Crippen MR) is 100 cm³/mol. The number of nitrogens with zero attached hydrogens (tertiary/aromatic N) is 4. The molecule has 0 radical (unpaired) electrons. The maximum atomic E-state index is 5.93. The zero-order chi connectivity index (χ0) is 16.4. The summed E-state index contributed by atoms with van der Waals surface area (Å²) >= 11 is 5.93. The first-order valence-electron chi connectivity index (χ1n) is 8.70. The number of halogens is 1. The quantitative estimate of drug-likeness (QED) is 0.854. The Hall–Kier alpha value is -1.78. The Balaban J connectivity index is 1.32. The molecule has 2 aromatic rings. The number of rotatable bonds is 3. The van der Waals surface area contributed by atoms with Gasteiger partial charge in [0.2, 0.25) is 0 Å². The number of piperazine rings is 1. The van der Waals surface area contributed by atoms with Gasteiger partial charge in [0.1, 0.15) is 5.82 Å². The van der Waals surface area contributed by atoms with E-state index in [1.54, 1.807) is 6.20 Å². The van der Waals surface area contributed by atoms with Crippen molar-refractivity contribution in [1.82, 2.24) is 9.88 Å². The number of benzene rings is 1. The van der Waals surface area contributed by atoms with Crippen molar-refractivity contribution in [3.05, 3.63) is 53.7 Å². The van der Waals surface area contributed by atoms with Gasteiger partial charge in [-0.1, -0.05) is 29.8 Å². The van der Waals surface area contributed by atoms with Crippen molar-refractivity contribution in [2.75, 3.05) is 49.1 Å². The van der Waals surface area contributed by atoms with Gasteiger partial charge in [-0.3, -0.25) is 4.90 Å². The standard InChI is InChI=1S/C19H23ClN4/c20-16-6-7-19(21-14-16)23-12-10-22(11-13-23)18-8-9-24(15-18)17-4-2-1-3-5-17/h1-7,14,18H,8-13,15H2. The van der Waals surface area contributed by atoms with E-state index in [2.05, 4.69) is 50.0 Å². The normalized spacial score (nSPS) is 22.1. The Morgan fingerprint density at radius 2 is 1.67 bits per heavy atom. The van der Waals surface area contributed by atoms with Crippen LogP contribution in [0.3, 0.4) is 0 Å². The van der Waals surface area contributed by atoms with E-state index in [1.165, 1.54) is 12.1 Å². The second-order valence-corrected chi connectivity index (χ2v) is 7.02. The third-order valence-corrected chi connectivity index (χ3v) is 5.37. The maximum Gasteiger partial charge on any atom is 0.128 e. The van der Waals surface area contributed by atoms with Crippen LogP contribution in [0.2, 0.25) is 5.02 Å². The van der Waals surface area contributed by atoms with Crippen molar-refractivity contribution < 1.29 is 0 Å². The molecule has 24 heavy (non-hydrogen) atoms. The highest BCUT2D eigenvalue weighted by Crippen LogP contribution is 2.24. The summed E-state index contributed by atoms with van der Waals surface area (Å²) in [6.07, 6.45) is 2.99. The third-order valence-electron chi connectivity index (χ3n) is 5.15. The molecule has 5 heteroatoms. The fourth-order valence-electron chi connectivity index (χ4n) is 3.78. The smallest absolute Gasteiger partial charge is 0.128 e. The Labute approximate surface area is 148 Å². The molecular weight excluding hydrogens is 320 g/mol. The third kappa shape index (κ3) is 3.35. The summed E-state index contributed by atoms with van der Waals surface area (Å²) in [4.78, 5) is 12.0. The average Bonchev–Trinajstić information content (AvgIpc) is 3.13. The van der Waals surface area contributed by atoms with Gasteiger partial charge in [-0.05, 0) is 30.7 Å². The number of anilines is 2. The van der Waals surface area contributed by atoms with E-state index in [9.17, 15) is 0 Å². The van der Waals surface area contributed by atoms with Crippen LogP contribution in [0, 0.1) is 0 Å². The van der Waals surface area contributed by atoms with Crippen LogP contribution < -0.4 is 9.80 Å². The molecule has 1 atom stereocenters. The number of hydrogen-bond acceptors (Lipinski definition) is 4. The lowest BCUT2D eigenvalue weighted by atomic mass is 10.2. The van der Waals surface area contributed by atoms with Gasteiger partial charge in [-0.25, -0.2) is 4.98 Å². The van der Waals surface area contributed by atoms with Gasteiger partial charge in [0.05, 0.1) is 5.02 Å². The molecule has 0 amide bonds. The van der Waals surface area contributed by atoms with E-state index in [-0.39, 0.29) is 0 Å². The summed E-state index contributed by atoms with van der Waals surface area (Å²) in [5.41, 5.74) is 1.35. The monoisotopic (exact) mass is 342 g/mol. The first kappa shape index (κ1) is 15.7. The molecule has 4 nitrogen and oxygen atoms in total. The minimum absolute atomic E-state index is 0.672. The van der Waals surface area contributed by atoms with E-state index in [0.29, 0.717) is 11.1 Å². The van der Waals surface area contributed by atoms with Crippen molar-refractivity contribution in [3.8, 4) is 0 Å². The first-order valence-corrected chi connectivity index (χ1v) is 9.08. The molecule has 0 bridgehead atoms. The first-order chi connectivity index (χ1) is 11.8. The van der Waals surface area contributed by atoms with Crippen LogP contribution in [0.25, 0.3) is 0 Å². The SMILES string of the molecule is Clc1ccc(N2CCN(C3CCN(c4ccccc4)C3)CC2)nc1. The van der Waals surface area contributed by atoms with Crippen LogP contribution in [-0.2, 0) is 0 Å². The molecule has 1 aromatic carbocycles. The number of pyridine rings is 1. The molecule has 0 N–H and O–H groups in total. The largest absolute Gasteiger partial charge is 0.370 e. The minimum atomic E-state index is 0.672. The van der Waals surface area contributed by atoms with Gasteiger partial charge in [0, 0.05) is 57.2 Å². The lowest BCUT2D eigenvalue weighted by Gasteiger charge is -2.38. The van der Waals surface area contributed by atoms with Gasteiger partial charge < -0.3 is 9.80 Å². The molecule has 2 aliphatic rings. The average molecular weight is 343 g/mol. The summed E-state index contributed by atoms with van der Waals surface area (Å²) in [6, 6.07) is 15.4. The Morgan fingerprint density at radius 3 is 2.38 bits per heavy atom. The van der Waals surface area contributed by atoms with Crippen LogP contribution in [0.5, 0.6) is 0 Å². The topological polar surface area (TPSA) is 22.6 Å². The fraction of sp³-hybridized carbons (Fsp3) is 0.421. The lowest BCUT2D eigenvalue weighted by molar-refractivity contribution is 0.197. The molecule has 0 saturated carbocycles. The van der Waals surface area contributed by atoms with Gasteiger partial charge in [0.25, 0.3) is 0 Å². The van der Waals surface area contributed by atoms with Crippen molar-refractivity contribution in [3.63, 3.8) is 0 Å². The van der Waals surface area contributed by atoms with Gasteiger partial charge >= 0.3 is 0 Å². The summed E-state index contributed by atoms with van der Waals surface area (Å²) in [5.74, 6) is 1.04. The second-order valence-electron chi connectivity index (χ2n) is 6.58. The number of para-hydroxylation sites is 1. The van der Waals surface area contributed by atoms with Crippen LogP contribution in [0.4, 0.5) is 11.5 Å². The Morgan fingerprint density at radius 1 is 0.875 bits per heavy atom. The van der Waals surface area contributed by atoms with Crippen molar-refractivity contribution >= 4 is 23.1 Å². The van der Waals surface area contributed by atoms with E-state index < -0.39 is 0 Å². The molecule has 1 unspecified atom stereocenters. The summed E-state index contributed by atoms with van der Waals surface area (Å²) in [7, 11) is 0. The number of aromatic nitrogens is 1. The van der Waals surface area contributed by atoms with Gasteiger partial charge in [0.15, 0.2) is 0 Å². The van der Waals surface area contributed by atoms with Gasteiger partial charge in [-0.15, -0.1) is 0 Å². The zero-order valence-corrected chi connectivity index (χ0v) is 14.6. The summed E-state index contributed by atoms with van der Waals surface area (Å²) < 4.78 is 0. The number of hydrogen-bond donors (Lipinski definition) is 0. The molecule has 126 valence electrons. The molecule has 3 heterocycles. The van der Waals surface area contributed by atoms with Gasteiger partial charge in [-0.2, -0.15) is 0 Å². The van der Waals surface area contributed by atoms with Crippen molar-refractivity contribution in [2.24, 2.45) is 0 Å². The van der Waals surface area contributed by atoms with Crippen molar-refractivity contribution in [1.29, 1.82) is 0 Å². The molecule has 2 fully saturated rings. The molecule has 0 aliphatic carbocycles. The summed E-state index contributed by atoms with van der Waals surface area (Å²) in [5, 5.41) is 0.698. The molecule has 4 rings (SSSR count). The van der Waals surface area contributed by atoms with E-state index in [4.69, 9.17) is 11.6 Å². The molecule has 2 aliphatic heterocycles. The Bertz CT molecular complexity index is 653. The molecule has 2 saturated heterocycles. The fourth-order valence-corrected chi connectivity index (χ4v) is 3.90. The lowest BCUT2D eigenvalue weighted by Crippen LogP contribution is -2.51. The van der Waals surface area contributed by atoms with E-state index in [0.717, 1.165) is 45.1 Å². The Kier molecular flexibility index (Phi) is 4.58. The van der Waals surface area contributed by atoms with Crippen LogP contribution in [-0.4, -0.2) is 55.2 Å². The second kappa shape index (κ2) is 6.99. The van der Waals surface area contributed by atoms with Crippen molar-refractivity contribution in [2.45, 2.75) is 12.5 Å². The molecular formula is C19H23ClN4. The van der Waals surface area contributed by atoms with E-state index >= 15 is 0 Å². The highest BCUT2D eigenvalue weighted by Gasteiger charge is 2.30. The predicted octanol–water partition coefficient (Wildman–Crippen LogP) is 3.14. The molecule has 1 aromatic heterocycles. The highest BCUT2D eigenvalue weighted by molar-refractivity contribution is 6.30. The molecule has 0 spiro atoms. The van der Waals surface area contributed by atoms with E-state index in [1.807, 2.05) is 12.1 Å². The van der Waals surface area contributed by atoms with Crippen LogP contribution in [0.1, 0.15) is 6.42 Å². The van der Waals surface area contributed by atoms with Crippen LogP contribution in [0.15, 0.2) is 48.7 Å². The van der Waals surface area contributed by atoms with Crippen LogP contribution >= 0.6 is 11.6 Å². The highest BCUT2D eigenvalue weighted by atomic mass is 35.5. The summed E-state index contributed by atoms with van der Waals surface area (Å²) in [6.45, 7) is 6.60. The maximum absolute atomic E-state index is 5.93. The minimum Gasteiger partial charge on any atom is -0.370 e.